The van der Waals surface area contributed by atoms with E-state index in [9.17, 15) is 4.79 Å². The van der Waals surface area contributed by atoms with Crippen molar-refractivity contribution in [2.24, 2.45) is 0 Å². The van der Waals surface area contributed by atoms with E-state index >= 15 is 0 Å². The molecule has 0 saturated carbocycles. The van der Waals surface area contributed by atoms with Gasteiger partial charge < -0.3 is 5.32 Å². The molecule has 2 aromatic rings. The second-order valence-corrected chi connectivity index (χ2v) is 5.80. The molecule has 1 atom stereocenters. The summed E-state index contributed by atoms with van der Waals surface area (Å²) in [5.74, 6) is 0.0486. The van der Waals surface area contributed by atoms with Crippen LogP contribution in [0.5, 0.6) is 0 Å². The summed E-state index contributed by atoms with van der Waals surface area (Å²) in [6.07, 6.45) is 0. The Hall–Kier alpha value is -2.13. The van der Waals surface area contributed by atoms with Crippen LogP contribution in [0.1, 0.15) is 29.7 Å². The number of carbonyl (C=O) groups excluding carboxylic acids is 1. The number of carbonyl (C=O) groups is 1. The Bertz CT molecular complexity index is 610. The fraction of sp³-hybridized carbons (Fsp3) is 0.316. The van der Waals surface area contributed by atoms with E-state index in [1.807, 2.05) is 61.3 Å². The molecule has 0 aliphatic carbocycles. The Balaban J connectivity index is 1.85. The largest absolute Gasteiger partial charge is 0.348 e. The van der Waals surface area contributed by atoms with Crippen LogP contribution < -0.4 is 5.32 Å². The topological polar surface area (TPSA) is 32.3 Å². The molecule has 3 heteroatoms. The summed E-state index contributed by atoms with van der Waals surface area (Å²) in [6, 6.07) is 18.3. The van der Waals surface area contributed by atoms with Crippen molar-refractivity contribution in [3.63, 3.8) is 0 Å². The summed E-state index contributed by atoms with van der Waals surface area (Å²) >= 11 is 0. The Morgan fingerprint density at radius 3 is 2.41 bits per heavy atom. The standard InChI is InChI=1S/C19H24N2O/c1-15-9-7-8-12-18(15)13-21(3)14-19(22)20-16(2)17-10-5-4-6-11-17/h4-12,16H,13-14H2,1-3H3,(H,20,22). The molecule has 0 heterocycles. The number of hydrogen-bond donors (Lipinski definition) is 1. The fourth-order valence-electron chi connectivity index (χ4n) is 2.49. The van der Waals surface area contributed by atoms with Crippen LogP contribution in [0.4, 0.5) is 0 Å². The quantitative estimate of drug-likeness (QED) is 0.887. The lowest BCUT2D eigenvalue weighted by atomic mass is 10.1. The van der Waals surface area contributed by atoms with Gasteiger partial charge in [-0.25, -0.2) is 0 Å². The highest BCUT2D eigenvalue weighted by Crippen LogP contribution is 2.12. The van der Waals surface area contributed by atoms with Crippen molar-refractivity contribution in [1.82, 2.24) is 10.2 Å². The van der Waals surface area contributed by atoms with Crippen LogP contribution >= 0.6 is 0 Å². The zero-order valence-corrected chi connectivity index (χ0v) is 13.5. The van der Waals surface area contributed by atoms with Gasteiger partial charge in [0.1, 0.15) is 0 Å². The Morgan fingerprint density at radius 2 is 1.73 bits per heavy atom. The van der Waals surface area contributed by atoms with E-state index in [1.54, 1.807) is 0 Å². The first-order valence-electron chi connectivity index (χ1n) is 7.63. The Labute approximate surface area is 133 Å². The van der Waals surface area contributed by atoms with Gasteiger partial charge in [0.2, 0.25) is 5.91 Å². The molecule has 1 N–H and O–H groups in total. The van der Waals surface area contributed by atoms with Gasteiger partial charge in [0, 0.05) is 6.54 Å². The zero-order valence-electron chi connectivity index (χ0n) is 13.5. The summed E-state index contributed by atoms with van der Waals surface area (Å²) in [5, 5.41) is 3.05. The molecule has 0 spiro atoms. The summed E-state index contributed by atoms with van der Waals surface area (Å²) in [4.78, 5) is 14.2. The minimum atomic E-state index is 0.0283. The molecule has 2 aromatic carbocycles. The second-order valence-electron chi connectivity index (χ2n) is 5.80. The monoisotopic (exact) mass is 296 g/mol. The molecule has 22 heavy (non-hydrogen) atoms. The number of nitrogens with zero attached hydrogens (tertiary/aromatic N) is 1. The van der Waals surface area contributed by atoms with Gasteiger partial charge in [-0.1, -0.05) is 54.6 Å². The van der Waals surface area contributed by atoms with Crippen LogP contribution in [0.15, 0.2) is 54.6 Å². The molecule has 0 bridgehead atoms. The summed E-state index contributed by atoms with van der Waals surface area (Å²) < 4.78 is 0. The normalized spacial score (nSPS) is 12.2. The molecule has 0 aromatic heterocycles. The highest BCUT2D eigenvalue weighted by Gasteiger charge is 2.12. The molecule has 0 saturated heterocycles. The minimum Gasteiger partial charge on any atom is -0.348 e. The van der Waals surface area contributed by atoms with Crippen molar-refractivity contribution in [1.29, 1.82) is 0 Å². The minimum absolute atomic E-state index is 0.0283. The van der Waals surface area contributed by atoms with Gasteiger partial charge in [-0.2, -0.15) is 0 Å². The van der Waals surface area contributed by atoms with E-state index in [4.69, 9.17) is 0 Å². The van der Waals surface area contributed by atoms with E-state index in [1.165, 1.54) is 11.1 Å². The maximum atomic E-state index is 12.2. The van der Waals surface area contributed by atoms with E-state index in [0.717, 1.165) is 12.1 Å². The predicted octanol–water partition coefficient (Wildman–Crippen LogP) is 3.30. The smallest absolute Gasteiger partial charge is 0.234 e. The molecule has 1 amide bonds. The molecule has 1 unspecified atom stereocenters. The van der Waals surface area contributed by atoms with Crippen molar-refractivity contribution in [2.75, 3.05) is 13.6 Å². The van der Waals surface area contributed by atoms with E-state index in [-0.39, 0.29) is 11.9 Å². The third-order valence-corrected chi connectivity index (χ3v) is 3.79. The number of rotatable bonds is 6. The van der Waals surface area contributed by atoms with Gasteiger partial charge in [0.15, 0.2) is 0 Å². The van der Waals surface area contributed by atoms with Gasteiger partial charge in [0.25, 0.3) is 0 Å². The van der Waals surface area contributed by atoms with Crippen LogP contribution in [-0.2, 0) is 11.3 Å². The summed E-state index contributed by atoms with van der Waals surface area (Å²) in [6.45, 7) is 5.28. The molecule has 116 valence electrons. The number of amides is 1. The van der Waals surface area contributed by atoms with Crippen molar-refractivity contribution < 1.29 is 4.79 Å². The molecule has 0 aliphatic rings. The van der Waals surface area contributed by atoms with Gasteiger partial charge in [-0.3, -0.25) is 9.69 Å². The van der Waals surface area contributed by atoms with Crippen LogP contribution in [0.3, 0.4) is 0 Å². The molecule has 0 aliphatic heterocycles. The number of hydrogen-bond acceptors (Lipinski definition) is 2. The maximum Gasteiger partial charge on any atom is 0.234 e. The molecule has 0 radical (unpaired) electrons. The van der Waals surface area contributed by atoms with Crippen molar-refractivity contribution in [2.45, 2.75) is 26.4 Å². The van der Waals surface area contributed by atoms with Crippen LogP contribution in [0, 0.1) is 6.92 Å². The molecular weight excluding hydrogens is 272 g/mol. The number of nitrogens with one attached hydrogen (secondary N) is 1. The van der Waals surface area contributed by atoms with Crippen LogP contribution in [0.2, 0.25) is 0 Å². The molecule has 2 rings (SSSR count). The third kappa shape index (κ3) is 4.71. The van der Waals surface area contributed by atoms with Crippen LogP contribution in [-0.4, -0.2) is 24.4 Å². The lowest BCUT2D eigenvalue weighted by Crippen LogP contribution is -2.36. The molecule has 0 fully saturated rings. The highest BCUT2D eigenvalue weighted by atomic mass is 16.2. The molecule has 3 nitrogen and oxygen atoms in total. The summed E-state index contributed by atoms with van der Waals surface area (Å²) in [7, 11) is 1.97. The first-order valence-corrected chi connectivity index (χ1v) is 7.63. The van der Waals surface area contributed by atoms with Crippen molar-refractivity contribution in [3.8, 4) is 0 Å². The van der Waals surface area contributed by atoms with E-state index < -0.39 is 0 Å². The first kappa shape index (κ1) is 16.2. The van der Waals surface area contributed by atoms with Gasteiger partial charge >= 0.3 is 0 Å². The summed E-state index contributed by atoms with van der Waals surface area (Å²) in [5.41, 5.74) is 3.64. The van der Waals surface area contributed by atoms with Crippen LogP contribution in [0.25, 0.3) is 0 Å². The average Bonchev–Trinajstić information content (AvgIpc) is 2.50. The average molecular weight is 296 g/mol. The number of likely N-dealkylation sites (N-methyl/N-ethyl adjacent to an activating group) is 1. The van der Waals surface area contributed by atoms with Gasteiger partial charge in [-0.15, -0.1) is 0 Å². The zero-order chi connectivity index (χ0) is 15.9. The lowest BCUT2D eigenvalue weighted by Gasteiger charge is -2.20. The Morgan fingerprint density at radius 1 is 1.09 bits per heavy atom. The van der Waals surface area contributed by atoms with Crippen molar-refractivity contribution in [3.05, 3.63) is 71.3 Å². The second kappa shape index (κ2) is 7.76. The SMILES string of the molecule is Cc1ccccc1CN(C)CC(=O)NC(C)c1ccccc1. The lowest BCUT2D eigenvalue weighted by molar-refractivity contribution is -0.122. The van der Waals surface area contributed by atoms with Crippen molar-refractivity contribution >= 4 is 5.91 Å². The van der Waals surface area contributed by atoms with Gasteiger partial charge in [-0.05, 0) is 37.6 Å². The maximum absolute atomic E-state index is 12.2. The molecular formula is C19H24N2O. The Kier molecular flexibility index (Phi) is 5.73. The number of benzene rings is 2. The highest BCUT2D eigenvalue weighted by molar-refractivity contribution is 5.78. The van der Waals surface area contributed by atoms with E-state index in [2.05, 4.69) is 24.4 Å². The predicted molar refractivity (Wildman–Crippen MR) is 90.5 cm³/mol. The third-order valence-electron chi connectivity index (χ3n) is 3.79. The fourth-order valence-corrected chi connectivity index (χ4v) is 2.49. The van der Waals surface area contributed by atoms with Gasteiger partial charge in [0.05, 0.1) is 12.6 Å². The van der Waals surface area contributed by atoms with E-state index in [0.29, 0.717) is 6.54 Å². The first-order chi connectivity index (χ1) is 10.6. The number of aryl methyl sites for hydroxylation is 1.